The van der Waals surface area contributed by atoms with Gasteiger partial charge in [-0.05, 0) is 11.6 Å². The highest BCUT2D eigenvalue weighted by Crippen LogP contribution is 2.40. The summed E-state index contributed by atoms with van der Waals surface area (Å²) < 4.78 is 38.3. The van der Waals surface area contributed by atoms with Gasteiger partial charge in [0, 0.05) is 12.0 Å². The summed E-state index contributed by atoms with van der Waals surface area (Å²) in [6.45, 7) is 3.36. The Balaban J connectivity index is 3.23. The van der Waals surface area contributed by atoms with Crippen LogP contribution in [-0.4, -0.2) is 11.7 Å². The predicted molar refractivity (Wildman–Crippen MR) is 59.2 cm³/mol. The number of alkyl halides is 3. The van der Waals surface area contributed by atoms with Crippen molar-refractivity contribution >= 4 is 0 Å². The lowest BCUT2D eigenvalue weighted by Gasteiger charge is -2.30. The SMILES string of the molecule is CC(C)(CN)C(O)c1ccccc1C(F)(F)F. The van der Waals surface area contributed by atoms with E-state index in [0.29, 0.717) is 0 Å². The Morgan fingerprint density at radius 3 is 2.24 bits per heavy atom. The Morgan fingerprint density at radius 1 is 1.24 bits per heavy atom. The molecule has 96 valence electrons. The average Bonchev–Trinajstić information content (AvgIpc) is 2.27. The van der Waals surface area contributed by atoms with Crippen molar-refractivity contribution in [1.82, 2.24) is 0 Å². The van der Waals surface area contributed by atoms with Crippen LogP contribution in [0.3, 0.4) is 0 Å². The molecule has 2 nitrogen and oxygen atoms in total. The summed E-state index contributed by atoms with van der Waals surface area (Å²) in [6.07, 6.45) is -5.72. The number of aliphatic hydroxyl groups excluding tert-OH is 1. The Kier molecular flexibility index (Phi) is 3.84. The number of nitrogens with two attached hydrogens (primary N) is 1. The minimum absolute atomic E-state index is 0.0976. The number of rotatable bonds is 3. The van der Waals surface area contributed by atoms with E-state index in [4.69, 9.17) is 5.73 Å². The maximum Gasteiger partial charge on any atom is 0.416 e. The normalized spacial score (nSPS) is 14.8. The second kappa shape index (κ2) is 4.66. The van der Waals surface area contributed by atoms with Crippen LogP contribution >= 0.6 is 0 Å². The second-order valence-electron chi connectivity index (χ2n) is 4.68. The van der Waals surface area contributed by atoms with Crippen molar-refractivity contribution in [3.8, 4) is 0 Å². The third-order valence-corrected chi connectivity index (χ3v) is 2.83. The first-order valence-electron chi connectivity index (χ1n) is 5.24. The first kappa shape index (κ1) is 14.0. The molecule has 1 rings (SSSR count). The van der Waals surface area contributed by atoms with Crippen molar-refractivity contribution in [2.45, 2.75) is 26.1 Å². The van der Waals surface area contributed by atoms with Gasteiger partial charge in [-0.3, -0.25) is 0 Å². The smallest absolute Gasteiger partial charge is 0.388 e. The van der Waals surface area contributed by atoms with Gasteiger partial charge < -0.3 is 10.8 Å². The van der Waals surface area contributed by atoms with Crippen LogP contribution in [0, 0.1) is 5.41 Å². The van der Waals surface area contributed by atoms with Crippen molar-refractivity contribution in [3.63, 3.8) is 0 Å². The summed E-state index contributed by atoms with van der Waals surface area (Å²) in [7, 11) is 0. The summed E-state index contributed by atoms with van der Waals surface area (Å²) in [5.74, 6) is 0. The Hall–Kier alpha value is -1.07. The number of hydrogen-bond acceptors (Lipinski definition) is 2. The second-order valence-corrected chi connectivity index (χ2v) is 4.68. The number of hydrogen-bond donors (Lipinski definition) is 2. The van der Waals surface area contributed by atoms with Gasteiger partial charge in [-0.25, -0.2) is 0 Å². The molecule has 0 heterocycles. The highest BCUT2D eigenvalue weighted by molar-refractivity contribution is 5.32. The van der Waals surface area contributed by atoms with E-state index < -0.39 is 23.3 Å². The zero-order valence-corrected chi connectivity index (χ0v) is 9.75. The number of aliphatic hydroxyl groups is 1. The van der Waals surface area contributed by atoms with Crippen LogP contribution in [-0.2, 0) is 6.18 Å². The molecule has 0 aliphatic carbocycles. The molecule has 0 amide bonds. The Bertz CT molecular complexity index is 388. The predicted octanol–water partition coefficient (Wildman–Crippen LogP) is 2.72. The van der Waals surface area contributed by atoms with Crippen molar-refractivity contribution in [2.24, 2.45) is 11.1 Å². The van der Waals surface area contributed by atoms with Crippen LogP contribution in [0.1, 0.15) is 31.1 Å². The molecule has 1 aromatic rings. The molecular weight excluding hydrogens is 231 g/mol. The van der Waals surface area contributed by atoms with E-state index in [1.807, 2.05) is 0 Å². The molecule has 1 atom stereocenters. The fraction of sp³-hybridized carbons (Fsp3) is 0.500. The van der Waals surface area contributed by atoms with Crippen LogP contribution in [0.5, 0.6) is 0 Å². The quantitative estimate of drug-likeness (QED) is 0.862. The lowest BCUT2D eigenvalue weighted by Crippen LogP contribution is -2.32. The first-order valence-corrected chi connectivity index (χ1v) is 5.24. The van der Waals surface area contributed by atoms with E-state index in [-0.39, 0.29) is 12.1 Å². The van der Waals surface area contributed by atoms with E-state index in [2.05, 4.69) is 0 Å². The molecule has 1 unspecified atom stereocenters. The average molecular weight is 247 g/mol. The molecule has 0 saturated carbocycles. The minimum Gasteiger partial charge on any atom is -0.388 e. The molecule has 3 N–H and O–H groups in total. The molecule has 0 aliphatic heterocycles. The lowest BCUT2D eigenvalue weighted by atomic mass is 9.81. The van der Waals surface area contributed by atoms with Gasteiger partial charge in [0.25, 0.3) is 0 Å². The first-order chi connectivity index (χ1) is 7.70. The molecule has 1 aromatic carbocycles. The molecule has 0 spiro atoms. The Morgan fingerprint density at radius 2 is 1.76 bits per heavy atom. The standard InChI is InChI=1S/C12H16F3NO/c1-11(2,7-16)10(17)8-5-3-4-6-9(8)12(13,14)15/h3-6,10,17H,7,16H2,1-2H3. The van der Waals surface area contributed by atoms with Crippen LogP contribution in [0.25, 0.3) is 0 Å². The van der Waals surface area contributed by atoms with Gasteiger partial charge >= 0.3 is 6.18 Å². The van der Waals surface area contributed by atoms with E-state index in [0.717, 1.165) is 6.07 Å². The van der Waals surface area contributed by atoms with Gasteiger partial charge in [-0.1, -0.05) is 32.0 Å². The highest BCUT2D eigenvalue weighted by atomic mass is 19.4. The molecule has 17 heavy (non-hydrogen) atoms. The minimum atomic E-state index is -4.47. The fourth-order valence-electron chi connectivity index (χ4n) is 1.53. The van der Waals surface area contributed by atoms with Gasteiger partial charge in [0.2, 0.25) is 0 Å². The number of halogens is 3. The number of benzene rings is 1. The monoisotopic (exact) mass is 247 g/mol. The van der Waals surface area contributed by atoms with Crippen LogP contribution in [0.4, 0.5) is 13.2 Å². The van der Waals surface area contributed by atoms with Gasteiger partial charge in [-0.15, -0.1) is 0 Å². The molecule has 0 bridgehead atoms. The van der Waals surface area contributed by atoms with Gasteiger partial charge in [0.15, 0.2) is 0 Å². The summed E-state index contributed by atoms with van der Waals surface area (Å²) >= 11 is 0. The van der Waals surface area contributed by atoms with E-state index >= 15 is 0 Å². The third-order valence-electron chi connectivity index (χ3n) is 2.83. The van der Waals surface area contributed by atoms with Crippen molar-refractivity contribution < 1.29 is 18.3 Å². The van der Waals surface area contributed by atoms with E-state index in [9.17, 15) is 18.3 Å². The van der Waals surface area contributed by atoms with Crippen LogP contribution in [0.2, 0.25) is 0 Å². The molecule has 0 aliphatic rings. The van der Waals surface area contributed by atoms with Crippen molar-refractivity contribution in [1.29, 1.82) is 0 Å². The van der Waals surface area contributed by atoms with Crippen LogP contribution in [0.15, 0.2) is 24.3 Å². The highest BCUT2D eigenvalue weighted by Gasteiger charge is 2.38. The molecule has 0 saturated heterocycles. The maximum atomic E-state index is 12.8. The topological polar surface area (TPSA) is 46.2 Å². The summed E-state index contributed by atoms with van der Waals surface area (Å²) in [5, 5.41) is 10.0. The third kappa shape index (κ3) is 2.98. The van der Waals surface area contributed by atoms with Crippen molar-refractivity contribution in [2.75, 3.05) is 6.54 Å². The van der Waals surface area contributed by atoms with Crippen molar-refractivity contribution in [3.05, 3.63) is 35.4 Å². The molecule has 0 fully saturated rings. The van der Waals surface area contributed by atoms with E-state index in [1.54, 1.807) is 13.8 Å². The Labute approximate surface area is 98.3 Å². The lowest BCUT2D eigenvalue weighted by molar-refractivity contribution is -0.139. The van der Waals surface area contributed by atoms with Gasteiger partial charge in [-0.2, -0.15) is 13.2 Å². The van der Waals surface area contributed by atoms with Gasteiger partial charge in [0.05, 0.1) is 11.7 Å². The van der Waals surface area contributed by atoms with Gasteiger partial charge in [0.1, 0.15) is 0 Å². The maximum absolute atomic E-state index is 12.8. The molecular formula is C12H16F3NO. The van der Waals surface area contributed by atoms with E-state index in [1.165, 1.54) is 18.2 Å². The summed E-state index contributed by atoms with van der Waals surface area (Å²) in [4.78, 5) is 0. The zero-order chi connectivity index (χ0) is 13.3. The summed E-state index contributed by atoms with van der Waals surface area (Å²) in [5.41, 5.74) is 3.72. The largest absolute Gasteiger partial charge is 0.416 e. The summed E-state index contributed by atoms with van der Waals surface area (Å²) in [6, 6.07) is 5.02. The zero-order valence-electron chi connectivity index (χ0n) is 9.75. The van der Waals surface area contributed by atoms with Crippen LogP contribution < -0.4 is 5.73 Å². The molecule has 5 heteroatoms. The fourth-order valence-corrected chi connectivity index (χ4v) is 1.53. The molecule has 0 radical (unpaired) electrons. The molecule has 0 aromatic heterocycles.